The van der Waals surface area contributed by atoms with Crippen molar-refractivity contribution in [2.75, 3.05) is 0 Å². The summed E-state index contributed by atoms with van der Waals surface area (Å²) in [6, 6.07) is 5.30. The van der Waals surface area contributed by atoms with E-state index in [1.807, 2.05) is 6.92 Å². The molecule has 3 nitrogen and oxygen atoms in total. The van der Waals surface area contributed by atoms with Crippen LogP contribution in [0.15, 0.2) is 23.0 Å². The number of carbonyl (C=O) groups excluding carboxylic acids is 1. The Bertz CT molecular complexity index is 538. The Morgan fingerprint density at radius 3 is 3.00 bits per heavy atom. The van der Waals surface area contributed by atoms with Crippen molar-refractivity contribution in [3.63, 3.8) is 0 Å². The molecule has 0 saturated heterocycles. The van der Waals surface area contributed by atoms with Gasteiger partial charge in [0.05, 0.1) is 10.2 Å². The first-order valence-corrected chi connectivity index (χ1v) is 5.18. The monoisotopic (exact) mass is 207 g/mol. The zero-order valence-corrected chi connectivity index (χ0v) is 8.48. The number of hydrogen-bond acceptors (Lipinski definition) is 3. The predicted octanol–water partition coefficient (Wildman–Crippen LogP) is 2.18. The predicted molar refractivity (Wildman–Crippen MR) is 57.1 cm³/mol. The van der Waals surface area contributed by atoms with Crippen LogP contribution in [0.25, 0.3) is 10.2 Å². The molecular weight excluding hydrogens is 198 g/mol. The van der Waals surface area contributed by atoms with Crippen LogP contribution in [0.1, 0.15) is 23.7 Å². The lowest BCUT2D eigenvalue weighted by molar-refractivity contribution is 0.0988. The third-order valence-electron chi connectivity index (χ3n) is 2.06. The fourth-order valence-electron chi connectivity index (χ4n) is 1.33. The van der Waals surface area contributed by atoms with Gasteiger partial charge in [-0.1, -0.05) is 18.3 Å². The minimum atomic E-state index is -0.0823. The number of thiazole rings is 1. The van der Waals surface area contributed by atoms with Gasteiger partial charge in [0.1, 0.15) is 0 Å². The van der Waals surface area contributed by atoms with E-state index in [9.17, 15) is 9.59 Å². The topological polar surface area (TPSA) is 49.9 Å². The average Bonchev–Trinajstić information content (AvgIpc) is 2.55. The van der Waals surface area contributed by atoms with E-state index >= 15 is 0 Å². The minimum Gasteiger partial charge on any atom is -0.312 e. The third kappa shape index (κ3) is 1.48. The summed E-state index contributed by atoms with van der Waals surface area (Å²) in [5.74, 6) is 0.0962. The molecule has 72 valence electrons. The number of aromatic amines is 1. The van der Waals surface area contributed by atoms with Crippen LogP contribution in [-0.2, 0) is 0 Å². The van der Waals surface area contributed by atoms with Crippen molar-refractivity contribution in [3.05, 3.63) is 33.4 Å². The number of fused-ring (bicyclic) bond motifs is 1. The van der Waals surface area contributed by atoms with Gasteiger partial charge in [0.15, 0.2) is 5.78 Å². The Kier molecular flexibility index (Phi) is 2.21. The Labute approximate surface area is 84.4 Å². The van der Waals surface area contributed by atoms with Gasteiger partial charge in [-0.15, -0.1) is 0 Å². The third-order valence-corrected chi connectivity index (χ3v) is 2.93. The van der Waals surface area contributed by atoms with Crippen molar-refractivity contribution >= 4 is 27.3 Å². The van der Waals surface area contributed by atoms with Crippen LogP contribution in [0.3, 0.4) is 0 Å². The van der Waals surface area contributed by atoms with Crippen LogP contribution in [-0.4, -0.2) is 10.8 Å². The molecule has 0 unspecified atom stereocenters. The normalized spacial score (nSPS) is 10.6. The molecule has 0 aliphatic heterocycles. The largest absolute Gasteiger partial charge is 0.312 e. The van der Waals surface area contributed by atoms with Crippen molar-refractivity contribution in [2.24, 2.45) is 0 Å². The van der Waals surface area contributed by atoms with Gasteiger partial charge in [-0.3, -0.25) is 9.59 Å². The lowest BCUT2D eigenvalue weighted by Crippen LogP contribution is -1.96. The molecule has 0 saturated carbocycles. The number of hydrogen-bond donors (Lipinski definition) is 1. The van der Waals surface area contributed by atoms with E-state index < -0.39 is 0 Å². The number of H-pyrrole nitrogens is 1. The number of carbonyl (C=O) groups is 1. The summed E-state index contributed by atoms with van der Waals surface area (Å²) >= 11 is 1.16. The maximum Gasteiger partial charge on any atom is 0.305 e. The van der Waals surface area contributed by atoms with E-state index in [1.54, 1.807) is 18.2 Å². The highest BCUT2D eigenvalue weighted by atomic mass is 32.1. The Morgan fingerprint density at radius 2 is 2.29 bits per heavy atom. The van der Waals surface area contributed by atoms with Crippen molar-refractivity contribution in [2.45, 2.75) is 13.3 Å². The summed E-state index contributed by atoms with van der Waals surface area (Å²) < 4.78 is 0.891. The molecule has 0 amide bonds. The van der Waals surface area contributed by atoms with Gasteiger partial charge in [0, 0.05) is 12.0 Å². The fraction of sp³-hybridized carbons (Fsp3) is 0.200. The molecule has 0 aliphatic carbocycles. The van der Waals surface area contributed by atoms with E-state index in [4.69, 9.17) is 0 Å². The summed E-state index contributed by atoms with van der Waals surface area (Å²) in [6.45, 7) is 1.82. The molecule has 0 radical (unpaired) electrons. The maximum absolute atomic E-state index is 11.4. The number of aromatic nitrogens is 1. The average molecular weight is 207 g/mol. The van der Waals surface area contributed by atoms with Crippen molar-refractivity contribution in [1.82, 2.24) is 4.98 Å². The molecule has 0 atom stereocenters. The van der Waals surface area contributed by atoms with Gasteiger partial charge in [-0.25, -0.2) is 0 Å². The zero-order chi connectivity index (χ0) is 10.1. The van der Waals surface area contributed by atoms with Gasteiger partial charge in [-0.2, -0.15) is 0 Å². The highest BCUT2D eigenvalue weighted by molar-refractivity contribution is 7.16. The second-order valence-electron chi connectivity index (χ2n) is 3.00. The molecule has 14 heavy (non-hydrogen) atoms. The van der Waals surface area contributed by atoms with Gasteiger partial charge >= 0.3 is 4.87 Å². The van der Waals surface area contributed by atoms with Crippen molar-refractivity contribution in [3.8, 4) is 0 Å². The summed E-state index contributed by atoms with van der Waals surface area (Å²) in [4.78, 5) is 25.0. The number of nitrogens with one attached hydrogen (secondary N) is 1. The highest BCUT2D eigenvalue weighted by Crippen LogP contribution is 2.16. The molecule has 0 spiro atoms. The number of benzene rings is 1. The summed E-state index contributed by atoms with van der Waals surface area (Å²) in [7, 11) is 0. The van der Waals surface area contributed by atoms with Gasteiger partial charge < -0.3 is 4.98 Å². The zero-order valence-electron chi connectivity index (χ0n) is 7.66. The van der Waals surface area contributed by atoms with E-state index in [0.717, 1.165) is 21.6 Å². The van der Waals surface area contributed by atoms with Gasteiger partial charge in [0.2, 0.25) is 0 Å². The minimum absolute atomic E-state index is 0.0823. The van der Waals surface area contributed by atoms with Crippen molar-refractivity contribution in [1.29, 1.82) is 0 Å². The van der Waals surface area contributed by atoms with E-state index in [1.165, 1.54) is 0 Å². The van der Waals surface area contributed by atoms with Crippen LogP contribution >= 0.6 is 11.3 Å². The number of Topliss-reactive ketones (excluding diaryl/α,β-unsaturated/α-hetero) is 1. The Balaban J connectivity index is 2.61. The van der Waals surface area contributed by atoms with Crippen LogP contribution in [0.5, 0.6) is 0 Å². The standard InChI is InChI=1S/C10H9NO2S/c1-2-8(12)6-3-4-9-7(5-6)11-10(13)14-9/h3-5H,2H2,1H3,(H,11,13). The molecular formula is C10H9NO2S. The van der Waals surface area contributed by atoms with Crippen LogP contribution < -0.4 is 4.87 Å². The number of ketones is 1. The van der Waals surface area contributed by atoms with Crippen molar-refractivity contribution < 1.29 is 4.79 Å². The van der Waals surface area contributed by atoms with E-state index in [-0.39, 0.29) is 10.7 Å². The molecule has 1 heterocycles. The Morgan fingerprint density at radius 1 is 1.50 bits per heavy atom. The number of rotatable bonds is 2. The van der Waals surface area contributed by atoms with Gasteiger partial charge in [0.25, 0.3) is 0 Å². The molecule has 0 aliphatic rings. The summed E-state index contributed by atoms with van der Waals surface area (Å²) in [5.41, 5.74) is 1.41. The molecule has 4 heteroatoms. The first kappa shape index (κ1) is 9.15. The summed E-state index contributed by atoms with van der Waals surface area (Å²) in [6.07, 6.45) is 0.486. The first-order chi connectivity index (χ1) is 6.70. The molecule has 2 rings (SSSR count). The Hall–Kier alpha value is -1.42. The quantitative estimate of drug-likeness (QED) is 0.767. The lowest BCUT2D eigenvalue weighted by atomic mass is 10.1. The molecule has 1 aromatic carbocycles. The molecule has 1 N–H and O–H groups in total. The second-order valence-corrected chi connectivity index (χ2v) is 4.02. The lowest BCUT2D eigenvalue weighted by Gasteiger charge is -1.96. The molecule has 0 bridgehead atoms. The summed E-state index contributed by atoms with van der Waals surface area (Å²) in [5, 5.41) is 0. The SMILES string of the molecule is CCC(=O)c1ccc2sc(=O)[nH]c2c1. The van der Waals surface area contributed by atoms with E-state index in [2.05, 4.69) is 4.98 Å². The van der Waals surface area contributed by atoms with E-state index in [0.29, 0.717) is 12.0 Å². The van der Waals surface area contributed by atoms with Crippen LogP contribution in [0.4, 0.5) is 0 Å². The highest BCUT2D eigenvalue weighted by Gasteiger charge is 2.05. The first-order valence-electron chi connectivity index (χ1n) is 4.37. The smallest absolute Gasteiger partial charge is 0.305 e. The van der Waals surface area contributed by atoms with Crippen LogP contribution in [0.2, 0.25) is 0 Å². The second kappa shape index (κ2) is 3.38. The molecule has 0 fully saturated rings. The van der Waals surface area contributed by atoms with Crippen LogP contribution in [0, 0.1) is 0 Å². The fourth-order valence-corrected chi connectivity index (χ4v) is 2.05. The maximum atomic E-state index is 11.4. The molecule has 2 aromatic rings. The van der Waals surface area contributed by atoms with Gasteiger partial charge in [-0.05, 0) is 18.2 Å². The molecule has 1 aromatic heterocycles.